The normalized spacial score (nSPS) is 10.9. The summed E-state index contributed by atoms with van der Waals surface area (Å²) in [4.78, 5) is 18.4. The molecule has 0 spiro atoms. The number of H-pyrrole nitrogens is 1. The highest BCUT2D eigenvalue weighted by Gasteiger charge is 2.06. The van der Waals surface area contributed by atoms with Crippen molar-refractivity contribution >= 4 is 22.8 Å². The second kappa shape index (κ2) is 2.92. The molecule has 2 aromatic rings. The van der Waals surface area contributed by atoms with Crippen molar-refractivity contribution in [2.45, 2.75) is 5.16 Å². The van der Waals surface area contributed by atoms with Gasteiger partial charge in [0, 0.05) is 13.2 Å². The van der Waals surface area contributed by atoms with Gasteiger partial charge in [0.1, 0.15) is 5.65 Å². The summed E-state index contributed by atoms with van der Waals surface area (Å²) >= 11 is 1.46. The zero-order chi connectivity index (χ0) is 9.42. The molecule has 0 aromatic carbocycles. The highest BCUT2D eigenvalue weighted by molar-refractivity contribution is 7.98. The second-order valence-electron chi connectivity index (χ2n) is 2.70. The van der Waals surface area contributed by atoms with E-state index >= 15 is 0 Å². The fourth-order valence-electron chi connectivity index (χ4n) is 1.31. The van der Waals surface area contributed by atoms with Crippen LogP contribution in [0.5, 0.6) is 0 Å². The summed E-state index contributed by atoms with van der Waals surface area (Å²) < 4.78 is 1.88. The summed E-state index contributed by atoms with van der Waals surface area (Å²) in [7, 11) is 1.89. The smallest absolute Gasteiger partial charge is 0.283 e. The first-order chi connectivity index (χ1) is 6.24. The second-order valence-corrected chi connectivity index (χ2v) is 3.48. The molecule has 0 fully saturated rings. The van der Waals surface area contributed by atoms with E-state index in [0.29, 0.717) is 5.39 Å². The van der Waals surface area contributed by atoms with E-state index in [9.17, 15) is 4.79 Å². The molecule has 68 valence electrons. The van der Waals surface area contributed by atoms with Crippen LogP contribution in [0.2, 0.25) is 0 Å². The number of hydrogen-bond donors (Lipinski definition) is 1. The molecule has 0 saturated carbocycles. The molecule has 0 saturated heterocycles. The minimum absolute atomic E-state index is 0.168. The zero-order valence-electron chi connectivity index (χ0n) is 7.37. The van der Waals surface area contributed by atoms with Crippen molar-refractivity contribution in [3.05, 3.63) is 22.6 Å². The average molecular weight is 195 g/mol. The molecule has 0 radical (unpaired) electrons. The Labute approximate surface area is 79.0 Å². The minimum atomic E-state index is -0.168. The third kappa shape index (κ3) is 1.16. The highest BCUT2D eigenvalue weighted by Crippen LogP contribution is 2.13. The van der Waals surface area contributed by atoms with Crippen LogP contribution in [0.15, 0.2) is 22.2 Å². The number of nitrogens with one attached hydrogen (secondary N) is 1. The van der Waals surface area contributed by atoms with Crippen LogP contribution in [0.3, 0.4) is 0 Å². The average Bonchev–Trinajstić information content (AvgIpc) is 2.60. The summed E-state index contributed by atoms with van der Waals surface area (Å²) in [5.41, 5.74) is 0.656. The van der Waals surface area contributed by atoms with Crippen LogP contribution in [0.1, 0.15) is 0 Å². The zero-order valence-corrected chi connectivity index (χ0v) is 8.18. The van der Waals surface area contributed by atoms with E-state index in [0.717, 1.165) is 10.8 Å². The summed E-state index contributed by atoms with van der Waals surface area (Å²) in [5.74, 6) is 0. The predicted molar refractivity (Wildman–Crippen MR) is 53.1 cm³/mol. The molecule has 0 amide bonds. The molecule has 1 N–H and O–H groups in total. The molecule has 0 atom stereocenters. The minimum Gasteiger partial charge on any atom is -0.347 e. The highest BCUT2D eigenvalue weighted by atomic mass is 32.2. The van der Waals surface area contributed by atoms with Gasteiger partial charge >= 0.3 is 0 Å². The standard InChI is InChI=1S/C8H9N3OS/c1-11-6-5(3-4-9-6)7(12)10-8(11)13-2/h3-4,9H,1-2H3. The Bertz CT molecular complexity index is 500. The van der Waals surface area contributed by atoms with E-state index in [1.807, 2.05) is 17.9 Å². The predicted octanol–water partition coefficient (Wildman–Crippen LogP) is 0.983. The van der Waals surface area contributed by atoms with Gasteiger partial charge in [-0.1, -0.05) is 11.8 Å². The fourth-order valence-corrected chi connectivity index (χ4v) is 1.85. The number of aromatic nitrogens is 3. The molecule has 0 aliphatic carbocycles. The molecule has 4 nitrogen and oxygen atoms in total. The monoisotopic (exact) mass is 195 g/mol. The molecule has 0 unspecified atom stereocenters. The van der Waals surface area contributed by atoms with Crippen molar-refractivity contribution in [1.82, 2.24) is 14.5 Å². The number of aromatic amines is 1. The van der Waals surface area contributed by atoms with E-state index in [2.05, 4.69) is 9.97 Å². The number of rotatable bonds is 1. The van der Waals surface area contributed by atoms with Gasteiger partial charge in [-0.2, -0.15) is 4.98 Å². The summed E-state index contributed by atoms with van der Waals surface area (Å²) in [5, 5.41) is 1.36. The van der Waals surface area contributed by atoms with Crippen LogP contribution in [0.4, 0.5) is 0 Å². The summed E-state index contributed by atoms with van der Waals surface area (Å²) in [6.07, 6.45) is 3.65. The maximum absolute atomic E-state index is 11.4. The Balaban J connectivity index is 2.94. The lowest BCUT2D eigenvalue weighted by Crippen LogP contribution is -2.12. The third-order valence-corrected chi connectivity index (χ3v) is 2.69. The Morgan fingerprint density at radius 2 is 2.38 bits per heavy atom. The van der Waals surface area contributed by atoms with Crippen LogP contribution in [-0.4, -0.2) is 20.8 Å². The molecule has 0 aliphatic rings. The Morgan fingerprint density at radius 1 is 1.62 bits per heavy atom. The van der Waals surface area contributed by atoms with Crippen LogP contribution < -0.4 is 5.56 Å². The van der Waals surface area contributed by atoms with Crippen molar-refractivity contribution < 1.29 is 0 Å². The first-order valence-electron chi connectivity index (χ1n) is 3.82. The van der Waals surface area contributed by atoms with E-state index in [1.165, 1.54) is 11.8 Å². The number of fused-ring (bicyclic) bond motifs is 1. The molecule has 0 aliphatic heterocycles. The van der Waals surface area contributed by atoms with E-state index in [4.69, 9.17) is 0 Å². The number of aryl methyl sites for hydroxylation is 1. The quantitative estimate of drug-likeness (QED) is 0.545. The molecule has 2 rings (SSSR count). The maximum atomic E-state index is 11.4. The van der Waals surface area contributed by atoms with Gasteiger partial charge in [-0.05, 0) is 12.3 Å². The summed E-state index contributed by atoms with van der Waals surface area (Å²) in [6.45, 7) is 0. The largest absolute Gasteiger partial charge is 0.347 e. The van der Waals surface area contributed by atoms with Crippen LogP contribution in [0.25, 0.3) is 11.0 Å². The molecular formula is C8H9N3OS. The lowest BCUT2D eigenvalue weighted by molar-refractivity contribution is 0.759. The van der Waals surface area contributed by atoms with Crippen molar-refractivity contribution in [2.24, 2.45) is 7.05 Å². The van der Waals surface area contributed by atoms with Gasteiger partial charge in [0.15, 0.2) is 5.16 Å². The topological polar surface area (TPSA) is 50.7 Å². The number of thioether (sulfide) groups is 1. The Kier molecular flexibility index (Phi) is 1.88. The fraction of sp³-hybridized carbons (Fsp3) is 0.250. The lowest BCUT2D eigenvalue weighted by atomic mass is 10.4. The number of nitrogens with zero attached hydrogens (tertiary/aromatic N) is 2. The molecule has 5 heteroatoms. The molecule has 13 heavy (non-hydrogen) atoms. The van der Waals surface area contributed by atoms with Gasteiger partial charge in [0.05, 0.1) is 5.39 Å². The van der Waals surface area contributed by atoms with Crippen LogP contribution in [0, 0.1) is 0 Å². The molecule has 2 aromatic heterocycles. The van der Waals surface area contributed by atoms with Crippen molar-refractivity contribution in [1.29, 1.82) is 0 Å². The van der Waals surface area contributed by atoms with Gasteiger partial charge in [-0.25, -0.2) is 0 Å². The summed E-state index contributed by atoms with van der Waals surface area (Å²) in [6, 6.07) is 1.74. The molecule has 0 bridgehead atoms. The van der Waals surface area contributed by atoms with Crippen molar-refractivity contribution in [2.75, 3.05) is 6.26 Å². The molecular weight excluding hydrogens is 186 g/mol. The van der Waals surface area contributed by atoms with Crippen LogP contribution >= 0.6 is 11.8 Å². The van der Waals surface area contributed by atoms with Gasteiger partial charge in [0.25, 0.3) is 5.56 Å². The SMILES string of the molecule is CSc1nc(=O)c2cc[nH]c2n1C. The number of hydrogen-bond acceptors (Lipinski definition) is 3. The van der Waals surface area contributed by atoms with E-state index in [-0.39, 0.29) is 5.56 Å². The lowest BCUT2D eigenvalue weighted by Gasteiger charge is -2.04. The van der Waals surface area contributed by atoms with Crippen molar-refractivity contribution in [3.63, 3.8) is 0 Å². The van der Waals surface area contributed by atoms with E-state index < -0.39 is 0 Å². The van der Waals surface area contributed by atoms with Gasteiger partial charge in [-0.3, -0.25) is 4.79 Å². The maximum Gasteiger partial charge on any atom is 0.283 e. The van der Waals surface area contributed by atoms with Gasteiger partial charge < -0.3 is 9.55 Å². The van der Waals surface area contributed by atoms with Crippen molar-refractivity contribution in [3.8, 4) is 0 Å². The van der Waals surface area contributed by atoms with Crippen LogP contribution in [-0.2, 0) is 7.05 Å². The third-order valence-electron chi connectivity index (χ3n) is 1.96. The van der Waals surface area contributed by atoms with Gasteiger partial charge in [-0.15, -0.1) is 0 Å². The molecule has 2 heterocycles. The first-order valence-corrected chi connectivity index (χ1v) is 5.04. The first kappa shape index (κ1) is 8.37. The van der Waals surface area contributed by atoms with E-state index in [1.54, 1.807) is 12.3 Å². The van der Waals surface area contributed by atoms with Gasteiger partial charge in [0.2, 0.25) is 0 Å². The Hall–Kier alpha value is -1.23. The Morgan fingerprint density at radius 3 is 3.08 bits per heavy atom.